The van der Waals surface area contributed by atoms with Gasteiger partial charge >= 0.3 is 0 Å². The largest absolute Gasteiger partial charge is 0.372 e. The van der Waals surface area contributed by atoms with Crippen molar-refractivity contribution in [2.45, 2.75) is 12.5 Å². The third-order valence-corrected chi connectivity index (χ3v) is 5.79. The van der Waals surface area contributed by atoms with Crippen molar-refractivity contribution in [2.24, 2.45) is 0 Å². The van der Waals surface area contributed by atoms with E-state index >= 15 is 0 Å². The smallest absolute Gasteiger partial charge is 0.268 e. The van der Waals surface area contributed by atoms with Crippen molar-refractivity contribution in [3.05, 3.63) is 107 Å². The molecule has 0 aliphatic carbocycles. The number of rotatable bonds is 4. The maximum Gasteiger partial charge on any atom is 0.268 e. The first-order valence-electron chi connectivity index (χ1n) is 10.0. The molecule has 4 heteroatoms. The van der Waals surface area contributed by atoms with Crippen molar-refractivity contribution < 1.29 is 9.90 Å². The Morgan fingerprint density at radius 1 is 0.967 bits per heavy atom. The molecule has 1 amide bonds. The zero-order valence-corrected chi connectivity index (χ0v) is 16.7. The molecule has 1 unspecified atom stereocenters. The molecule has 0 saturated carbocycles. The van der Waals surface area contributed by atoms with Gasteiger partial charge in [-0.2, -0.15) is 0 Å². The second-order valence-electron chi connectivity index (χ2n) is 7.63. The number of hydrogen-bond donors (Lipinski definition) is 2. The van der Waals surface area contributed by atoms with E-state index in [9.17, 15) is 9.90 Å². The first kappa shape index (κ1) is 18.4. The number of hydrogen-bond acceptors (Lipinski definition) is 2. The van der Waals surface area contributed by atoms with Crippen LogP contribution >= 0.6 is 0 Å². The summed E-state index contributed by atoms with van der Waals surface area (Å²) in [5.74, 6) is -0.325. The van der Waals surface area contributed by atoms with Crippen LogP contribution in [-0.4, -0.2) is 22.5 Å². The Bertz CT molecular complexity index is 1270. The molecule has 0 fully saturated rings. The van der Waals surface area contributed by atoms with Gasteiger partial charge < -0.3 is 15.0 Å². The molecule has 30 heavy (non-hydrogen) atoms. The van der Waals surface area contributed by atoms with Crippen LogP contribution in [0.3, 0.4) is 0 Å². The number of nitrogens with one attached hydrogen (secondary N) is 1. The van der Waals surface area contributed by atoms with Gasteiger partial charge in [-0.15, -0.1) is 0 Å². The molecule has 1 aliphatic heterocycles. The molecule has 5 rings (SSSR count). The Morgan fingerprint density at radius 3 is 2.50 bits per heavy atom. The van der Waals surface area contributed by atoms with Crippen LogP contribution in [0.4, 0.5) is 5.69 Å². The summed E-state index contributed by atoms with van der Waals surface area (Å²) in [6.45, 7) is 2.29. The van der Waals surface area contributed by atoms with Crippen LogP contribution in [0.25, 0.3) is 17.0 Å². The van der Waals surface area contributed by atoms with Crippen LogP contribution in [0, 0.1) is 6.92 Å². The van der Waals surface area contributed by atoms with Gasteiger partial charge in [-0.1, -0.05) is 78.9 Å². The summed E-state index contributed by atoms with van der Waals surface area (Å²) in [6.07, 6.45) is 3.95. The topological polar surface area (TPSA) is 56.3 Å². The second-order valence-corrected chi connectivity index (χ2v) is 7.63. The number of benzene rings is 3. The maximum absolute atomic E-state index is 13.6. The Kier molecular flexibility index (Phi) is 4.30. The maximum atomic E-state index is 13.6. The van der Waals surface area contributed by atoms with Gasteiger partial charge in [0.2, 0.25) is 0 Å². The number of fused-ring (bicyclic) bond motifs is 2. The summed E-state index contributed by atoms with van der Waals surface area (Å²) in [4.78, 5) is 18.6. The number of H-pyrrole nitrogens is 1. The minimum absolute atomic E-state index is 0.325. The van der Waals surface area contributed by atoms with Crippen LogP contribution in [0.15, 0.2) is 84.9 Å². The van der Waals surface area contributed by atoms with Crippen molar-refractivity contribution in [2.75, 3.05) is 11.4 Å². The van der Waals surface area contributed by atoms with Gasteiger partial charge in [0.1, 0.15) is 0 Å². The molecule has 2 heterocycles. The van der Waals surface area contributed by atoms with E-state index in [1.807, 2.05) is 97.9 Å². The van der Waals surface area contributed by atoms with Crippen LogP contribution in [0.2, 0.25) is 0 Å². The Labute approximate surface area is 175 Å². The zero-order valence-electron chi connectivity index (χ0n) is 16.7. The number of para-hydroxylation sites is 2. The highest BCUT2D eigenvalue weighted by Gasteiger charge is 2.52. The molecule has 0 spiro atoms. The van der Waals surface area contributed by atoms with Crippen molar-refractivity contribution in [3.8, 4) is 0 Å². The molecule has 0 radical (unpaired) electrons. The number of carbonyl (C=O) groups excluding carboxylic acids is 1. The van der Waals surface area contributed by atoms with E-state index in [2.05, 4.69) is 4.98 Å². The molecule has 0 saturated heterocycles. The number of anilines is 1. The fourth-order valence-corrected chi connectivity index (χ4v) is 4.46. The van der Waals surface area contributed by atoms with E-state index in [1.54, 1.807) is 4.90 Å². The molecule has 148 valence electrons. The fraction of sp³-hybridized carbons (Fsp3) is 0.115. The zero-order chi connectivity index (χ0) is 20.7. The van der Waals surface area contributed by atoms with Gasteiger partial charge in [-0.05, 0) is 24.6 Å². The number of aromatic amines is 1. The molecule has 4 aromatic rings. The summed E-state index contributed by atoms with van der Waals surface area (Å²) >= 11 is 0. The first-order chi connectivity index (χ1) is 14.6. The number of aryl methyl sites for hydroxylation is 1. The molecule has 1 aliphatic rings. The van der Waals surface area contributed by atoms with Crippen molar-refractivity contribution in [1.82, 2.24) is 4.98 Å². The molecule has 4 nitrogen and oxygen atoms in total. The summed E-state index contributed by atoms with van der Waals surface area (Å²) in [5, 5.41) is 12.8. The summed E-state index contributed by atoms with van der Waals surface area (Å²) in [6, 6.07) is 25.2. The van der Waals surface area contributed by atoms with E-state index in [1.165, 1.54) is 0 Å². The summed E-state index contributed by atoms with van der Waals surface area (Å²) in [7, 11) is 0. The van der Waals surface area contributed by atoms with Gasteiger partial charge in [0.05, 0.1) is 5.69 Å². The van der Waals surface area contributed by atoms with E-state index in [-0.39, 0.29) is 5.91 Å². The highest BCUT2D eigenvalue weighted by molar-refractivity contribution is 6.11. The Balaban J connectivity index is 1.60. The van der Waals surface area contributed by atoms with Crippen LogP contribution < -0.4 is 4.90 Å². The standard InChI is InChI=1S/C26H22N2O2/c1-18-24(20-13-5-7-15-22(20)27-18)26(30)21-14-6-8-16-23(21)28(25(26)29)17-9-12-19-10-3-2-4-11-19/h2-16,27,30H,17H2,1H3. The summed E-state index contributed by atoms with van der Waals surface area (Å²) < 4.78 is 0. The highest BCUT2D eigenvalue weighted by Crippen LogP contribution is 2.47. The Hall–Kier alpha value is -3.63. The van der Waals surface area contributed by atoms with Crippen LogP contribution in [0.1, 0.15) is 22.4 Å². The third-order valence-electron chi connectivity index (χ3n) is 5.79. The molecule has 1 atom stereocenters. The van der Waals surface area contributed by atoms with E-state index in [4.69, 9.17) is 0 Å². The molecule has 3 aromatic carbocycles. The lowest BCUT2D eigenvalue weighted by atomic mass is 9.85. The van der Waals surface area contributed by atoms with Crippen molar-refractivity contribution in [1.29, 1.82) is 0 Å². The monoisotopic (exact) mass is 394 g/mol. The number of aliphatic hydroxyl groups is 1. The van der Waals surface area contributed by atoms with Crippen LogP contribution in [0.5, 0.6) is 0 Å². The average molecular weight is 394 g/mol. The van der Waals surface area contributed by atoms with E-state index in [0.717, 1.165) is 27.8 Å². The molecule has 0 bridgehead atoms. The third kappa shape index (κ3) is 2.69. The van der Waals surface area contributed by atoms with E-state index < -0.39 is 5.60 Å². The molecule has 1 aromatic heterocycles. The van der Waals surface area contributed by atoms with Gasteiger partial charge in [0.25, 0.3) is 5.91 Å². The predicted molar refractivity (Wildman–Crippen MR) is 120 cm³/mol. The lowest BCUT2D eigenvalue weighted by Crippen LogP contribution is -2.41. The SMILES string of the molecule is Cc1[nH]c2ccccc2c1C1(O)C(=O)N(CC=Cc2ccccc2)c2ccccc21. The number of nitrogens with zero attached hydrogens (tertiary/aromatic N) is 1. The normalized spacial score (nSPS) is 18.5. The Morgan fingerprint density at radius 2 is 1.67 bits per heavy atom. The van der Waals surface area contributed by atoms with Gasteiger partial charge in [-0.25, -0.2) is 0 Å². The quantitative estimate of drug-likeness (QED) is 0.524. The summed E-state index contributed by atoms with van der Waals surface area (Å²) in [5.41, 5.74) is 3.05. The average Bonchev–Trinajstić information content (AvgIpc) is 3.22. The molecule has 2 N–H and O–H groups in total. The van der Waals surface area contributed by atoms with Gasteiger partial charge in [-0.3, -0.25) is 4.79 Å². The van der Waals surface area contributed by atoms with Crippen molar-refractivity contribution >= 4 is 28.6 Å². The van der Waals surface area contributed by atoms with Crippen LogP contribution in [-0.2, 0) is 10.4 Å². The van der Waals surface area contributed by atoms with E-state index in [0.29, 0.717) is 17.7 Å². The molecular formula is C26H22N2O2. The fourth-order valence-electron chi connectivity index (χ4n) is 4.46. The second kappa shape index (κ2) is 7.01. The number of carbonyl (C=O) groups is 1. The van der Waals surface area contributed by atoms with Gasteiger partial charge in [0, 0.05) is 34.3 Å². The lowest BCUT2D eigenvalue weighted by Gasteiger charge is -2.23. The minimum atomic E-state index is -1.72. The first-order valence-corrected chi connectivity index (χ1v) is 10.0. The number of aromatic nitrogens is 1. The number of amides is 1. The lowest BCUT2D eigenvalue weighted by molar-refractivity contribution is -0.132. The van der Waals surface area contributed by atoms with Crippen molar-refractivity contribution in [3.63, 3.8) is 0 Å². The highest BCUT2D eigenvalue weighted by atomic mass is 16.3. The van der Waals surface area contributed by atoms with Gasteiger partial charge in [0.15, 0.2) is 5.60 Å². The molecular weight excluding hydrogens is 372 g/mol. The minimum Gasteiger partial charge on any atom is -0.372 e. The predicted octanol–water partition coefficient (Wildman–Crippen LogP) is 4.77.